The first-order valence-corrected chi connectivity index (χ1v) is 12.6. The fourth-order valence-corrected chi connectivity index (χ4v) is 5.91. The summed E-state index contributed by atoms with van der Waals surface area (Å²) in [5, 5.41) is 7.29. The molecule has 0 amide bonds. The van der Waals surface area contributed by atoms with Gasteiger partial charge in [0.05, 0.1) is 47.1 Å². The normalized spacial score (nSPS) is 19.3. The Bertz CT molecular complexity index is 1530. The van der Waals surface area contributed by atoms with E-state index in [9.17, 15) is 12.8 Å². The van der Waals surface area contributed by atoms with E-state index in [1.807, 2.05) is 6.92 Å². The molecule has 1 saturated heterocycles. The number of aromatic nitrogens is 6. The molecule has 13 heteroatoms. The van der Waals surface area contributed by atoms with Crippen molar-refractivity contribution in [2.24, 2.45) is 0 Å². The second-order valence-corrected chi connectivity index (χ2v) is 10.6. The third-order valence-corrected chi connectivity index (χ3v) is 8.30. The average Bonchev–Trinajstić information content (AvgIpc) is 3.50. The van der Waals surface area contributed by atoms with Crippen LogP contribution in [-0.2, 0) is 14.8 Å². The van der Waals surface area contributed by atoms with Crippen molar-refractivity contribution < 1.29 is 17.5 Å². The minimum Gasteiger partial charge on any atom is -0.377 e. The van der Waals surface area contributed by atoms with Crippen molar-refractivity contribution >= 4 is 43.9 Å². The smallest absolute Gasteiger partial charge is 0.258 e. The summed E-state index contributed by atoms with van der Waals surface area (Å²) in [6.45, 7) is 3.61. The molecule has 1 aromatic carbocycles. The number of hydrogen-bond acceptors (Lipinski definition) is 9. The number of nitrogens with one attached hydrogen (secondary N) is 1. The first kappa shape index (κ1) is 21.2. The highest BCUT2D eigenvalue weighted by Gasteiger charge is 2.39. The van der Waals surface area contributed by atoms with Crippen LogP contribution < -0.4 is 10.2 Å². The van der Waals surface area contributed by atoms with E-state index in [4.69, 9.17) is 9.72 Å². The molecule has 2 fully saturated rings. The highest BCUT2D eigenvalue weighted by molar-refractivity contribution is 7.90. The molecule has 1 aliphatic carbocycles. The van der Waals surface area contributed by atoms with Crippen molar-refractivity contribution in [3.63, 3.8) is 0 Å². The number of imidazole rings is 1. The van der Waals surface area contributed by atoms with Crippen LogP contribution in [0.2, 0.25) is 0 Å². The third-order valence-electron chi connectivity index (χ3n) is 6.23. The Labute approximate surface area is 194 Å². The summed E-state index contributed by atoms with van der Waals surface area (Å²) in [4.78, 5) is 16.0. The lowest BCUT2D eigenvalue weighted by atomic mass is 10.2. The molecule has 4 aromatic rings. The molecule has 11 nitrogen and oxygen atoms in total. The maximum Gasteiger partial charge on any atom is 0.258 e. The lowest BCUT2D eigenvalue weighted by Gasteiger charge is -2.34. The van der Waals surface area contributed by atoms with Crippen LogP contribution in [0.5, 0.6) is 0 Å². The highest BCUT2D eigenvalue weighted by atomic mass is 32.2. The van der Waals surface area contributed by atoms with Gasteiger partial charge in [-0.15, -0.1) is 4.09 Å². The molecule has 0 radical (unpaired) electrons. The van der Waals surface area contributed by atoms with Gasteiger partial charge in [-0.1, -0.05) is 0 Å². The molecule has 1 N–H and O–H groups in total. The summed E-state index contributed by atoms with van der Waals surface area (Å²) >= 11 is 0. The van der Waals surface area contributed by atoms with E-state index in [0.717, 1.165) is 4.09 Å². The Morgan fingerprint density at radius 2 is 2.03 bits per heavy atom. The van der Waals surface area contributed by atoms with Crippen LogP contribution in [0, 0.1) is 5.82 Å². The van der Waals surface area contributed by atoms with E-state index < -0.39 is 21.1 Å². The molecule has 34 heavy (non-hydrogen) atoms. The van der Waals surface area contributed by atoms with Crippen molar-refractivity contribution in [1.29, 1.82) is 0 Å². The minimum absolute atomic E-state index is 0.00355. The minimum atomic E-state index is -3.69. The number of benzene rings is 1. The standard InChI is InChI=1S/C21H23FN8O3S/c1-12-11-33-8-7-28(12)18-15-10-24-30(34(31,32)14-4-5-14)19(15)27-21(26-18)29-17-9-13(22)3-6-16(17)25-20(29)23-2/h3,6,9-10,12,14H,4-5,7-8,11H2,1-2H3,(H,23,25)/t12-/m1/s1. The Balaban J connectivity index is 1.66. The molecule has 0 spiro atoms. The lowest BCUT2D eigenvalue weighted by molar-refractivity contribution is 0.0987. The van der Waals surface area contributed by atoms with Crippen LogP contribution in [0.3, 0.4) is 0 Å². The zero-order chi connectivity index (χ0) is 23.6. The van der Waals surface area contributed by atoms with Crippen LogP contribution in [0.15, 0.2) is 24.4 Å². The van der Waals surface area contributed by atoms with Crippen molar-refractivity contribution in [3.8, 4) is 5.95 Å². The summed E-state index contributed by atoms with van der Waals surface area (Å²) in [5.41, 5.74) is 1.20. The topological polar surface area (TPSA) is 120 Å². The van der Waals surface area contributed by atoms with E-state index in [0.29, 0.717) is 60.8 Å². The second kappa shape index (κ2) is 7.60. The highest BCUT2D eigenvalue weighted by Crippen LogP contribution is 2.34. The van der Waals surface area contributed by atoms with Crippen LogP contribution >= 0.6 is 0 Å². The Morgan fingerprint density at radius 3 is 2.76 bits per heavy atom. The zero-order valence-electron chi connectivity index (χ0n) is 18.6. The van der Waals surface area contributed by atoms with Gasteiger partial charge < -0.3 is 15.0 Å². The van der Waals surface area contributed by atoms with E-state index in [-0.39, 0.29) is 17.6 Å². The maximum atomic E-state index is 14.2. The van der Waals surface area contributed by atoms with E-state index >= 15 is 0 Å². The fourth-order valence-electron chi connectivity index (χ4n) is 4.33. The first-order valence-electron chi connectivity index (χ1n) is 11.1. The van der Waals surface area contributed by atoms with Gasteiger partial charge in [-0.05, 0) is 31.9 Å². The number of morpholine rings is 1. The van der Waals surface area contributed by atoms with Gasteiger partial charge in [0.15, 0.2) is 5.65 Å². The maximum absolute atomic E-state index is 14.2. The Morgan fingerprint density at radius 1 is 1.21 bits per heavy atom. The van der Waals surface area contributed by atoms with E-state index in [1.165, 1.54) is 18.3 Å². The Kier molecular flexibility index (Phi) is 4.74. The number of anilines is 2. The summed E-state index contributed by atoms with van der Waals surface area (Å²) < 4.78 is 48.6. The molecule has 0 unspecified atom stereocenters. The monoisotopic (exact) mass is 486 g/mol. The van der Waals surface area contributed by atoms with Gasteiger partial charge in [-0.3, -0.25) is 0 Å². The zero-order valence-corrected chi connectivity index (χ0v) is 19.5. The SMILES string of the molecule is CNc1nc2ccc(F)cc2n1-c1nc(N2CCOC[C@H]2C)c2cnn(S(=O)(=O)C3CC3)c2n1. The van der Waals surface area contributed by atoms with Crippen LogP contribution in [0.1, 0.15) is 19.8 Å². The number of hydrogen-bond donors (Lipinski definition) is 1. The molecule has 178 valence electrons. The van der Waals surface area contributed by atoms with E-state index in [2.05, 4.69) is 25.3 Å². The average molecular weight is 487 g/mol. The largest absolute Gasteiger partial charge is 0.377 e. The molecular formula is C21H23FN8O3S. The summed E-state index contributed by atoms with van der Waals surface area (Å²) in [6.07, 6.45) is 2.70. The van der Waals surface area contributed by atoms with Gasteiger partial charge in [0.1, 0.15) is 11.6 Å². The van der Waals surface area contributed by atoms with Crippen molar-refractivity contribution in [2.75, 3.05) is 37.0 Å². The molecule has 1 atom stereocenters. The number of rotatable bonds is 5. The van der Waals surface area contributed by atoms with Crippen molar-refractivity contribution in [2.45, 2.75) is 31.1 Å². The number of nitrogens with zero attached hydrogens (tertiary/aromatic N) is 7. The van der Waals surface area contributed by atoms with Gasteiger partial charge in [0, 0.05) is 19.7 Å². The third kappa shape index (κ3) is 3.21. The number of halogens is 1. The number of ether oxygens (including phenoxy) is 1. The van der Waals surface area contributed by atoms with Gasteiger partial charge in [-0.2, -0.15) is 15.1 Å². The van der Waals surface area contributed by atoms with Crippen LogP contribution in [-0.4, -0.2) is 75.2 Å². The molecule has 3 aromatic heterocycles. The lowest BCUT2D eigenvalue weighted by Crippen LogP contribution is -2.44. The van der Waals surface area contributed by atoms with Gasteiger partial charge >= 0.3 is 0 Å². The number of fused-ring (bicyclic) bond motifs is 2. The first-order chi connectivity index (χ1) is 16.4. The predicted octanol–water partition coefficient (Wildman–Crippen LogP) is 1.91. The molecule has 1 saturated carbocycles. The van der Waals surface area contributed by atoms with Crippen molar-refractivity contribution in [1.82, 2.24) is 28.7 Å². The van der Waals surface area contributed by atoms with Gasteiger partial charge in [0.2, 0.25) is 11.9 Å². The Hall–Kier alpha value is -3.32. The quantitative estimate of drug-likeness (QED) is 0.451. The van der Waals surface area contributed by atoms with Crippen LogP contribution in [0.4, 0.5) is 16.2 Å². The molecule has 1 aliphatic heterocycles. The molecule has 2 aliphatic rings. The van der Waals surface area contributed by atoms with Crippen molar-refractivity contribution in [3.05, 3.63) is 30.2 Å². The molecule has 6 rings (SSSR count). The van der Waals surface area contributed by atoms with Gasteiger partial charge in [-0.25, -0.2) is 22.4 Å². The molecule has 0 bridgehead atoms. The predicted molar refractivity (Wildman–Crippen MR) is 124 cm³/mol. The summed E-state index contributed by atoms with van der Waals surface area (Å²) in [7, 11) is -2.00. The van der Waals surface area contributed by atoms with Gasteiger partial charge in [0.25, 0.3) is 10.0 Å². The van der Waals surface area contributed by atoms with E-state index in [1.54, 1.807) is 17.7 Å². The molecule has 4 heterocycles. The molecular weight excluding hydrogens is 463 g/mol. The van der Waals surface area contributed by atoms with Crippen LogP contribution in [0.25, 0.3) is 28.0 Å². The second-order valence-electron chi connectivity index (χ2n) is 8.59. The fraction of sp³-hybridized carbons (Fsp3) is 0.429. The summed E-state index contributed by atoms with van der Waals surface area (Å²) in [6, 6.07) is 4.27. The summed E-state index contributed by atoms with van der Waals surface area (Å²) in [5.74, 6) is 0.692.